The molecule has 1 aromatic rings. The van der Waals surface area contributed by atoms with E-state index in [1.807, 2.05) is 30.1 Å². The predicted molar refractivity (Wildman–Crippen MR) is 77.8 cm³/mol. The second-order valence-corrected chi connectivity index (χ2v) is 7.55. The average Bonchev–Trinajstić information content (AvgIpc) is 2.24. The Labute approximate surface area is 117 Å². The minimum absolute atomic E-state index is 0.124. The van der Waals surface area contributed by atoms with Crippen LogP contribution in [0.4, 0.5) is 5.69 Å². The first-order chi connectivity index (χ1) is 8.20. The maximum atomic E-state index is 11.1. The Morgan fingerprint density at radius 2 is 2.06 bits per heavy atom. The molecule has 0 saturated heterocycles. The van der Waals surface area contributed by atoms with E-state index in [4.69, 9.17) is 0 Å². The summed E-state index contributed by atoms with van der Waals surface area (Å²) < 4.78 is 23.0. The van der Waals surface area contributed by atoms with E-state index in [0.29, 0.717) is 6.54 Å². The molecule has 18 heavy (non-hydrogen) atoms. The Morgan fingerprint density at radius 3 is 2.50 bits per heavy atom. The van der Waals surface area contributed by atoms with Gasteiger partial charge in [0.2, 0.25) is 0 Å². The molecule has 1 N–H and O–H groups in total. The Morgan fingerprint density at radius 1 is 1.44 bits per heavy atom. The minimum atomic E-state index is -2.95. The zero-order valence-electron chi connectivity index (χ0n) is 10.7. The molecule has 1 atom stereocenters. The van der Waals surface area contributed by atoms with Crippen molar-refractivity contribution in [2.24, 2.45) is 0 Å². The minimum Gasteiger partial charge on any atom is -0.389 e. The van der Waals surface area contributed by atoms with Crippen LogP contribution in [0.25, 0.3) is 0 Å². The van der Waals surface area contributed by atoms with E-state index in [0.717, 1.165) is 15.7 Å². The lowest BCUT2D eigenvalue weighted by Crippen LogP contribution is -2.24. The van der Waals surface area contributed by atoms with E-state index in [-0.39, 0.29) is 5.75 Å². The summed E-state index contributed by atoms with van der Waals surface area (Å²) in [6.07, 6.45) is 0.697. The van der Waals surface area contributed by atoms with E-state index in [2.05, 4.69) is 15.9 Å². The molecule has 102 valence electrons. The molecule has 0 aliphatic rings. The Balaban J connectivity index is 2.81. The number of nitrogens with zero attached hydrogens (tertiary/aromatic N) is 1. The van der Waals surface area contributed by atoms with Gasteiger partial charge in [0.1, 0.15) is 9.84 Å². The molecule has 1 aromatic carbocycles. The molecule has 0 heterocycles. The highest BCUT2D eigenvalue weighted by atomic mass is 79.9. The molecular weight excluding hydrogens is 318 g/mol. The summed E-state index contributed by atoms with van der Waals surface area (Å²) in [6.45, 7) is 2.15. The predicted octanol–water partition coefficient (Wildman–Crippen LogP) is 1.98. The number of aliphatic hydroxyl groups is 1. The van der Waals surface area contributed by atoms with Crippen molar-refractivity contribution in [3.05, 3.63) is 28.2 Å². The first-order valence-corrected chi connectivity index (χ1v) is 8.42. The molecule has 6 heteroatoms. The summed E-state index contributed by atoms with van der Waals surface area (Å²) >= 11 is 3.40. The number of aliphatic hydroxyl groups excluding tert-OH is 1. The first-order valence-electron chi connectivity index (χ1n) is 5.57. The highest BCUT2D eigenvalue weighted by Gasteiger charge is 2.10. The van der Waals surface area contributed by atoms with Gasteiger partial charge in [-0.15, -0.1) is 0 Å². The van der Waals surface area contributed by atoms with Crippen molar-refractivity contribution in [2.45, 2.75) is 13.0 Å². The number of halogens is 1. The summed E-state index contributed by atoms with van der Waals surface area (Å²) in [4.78, 5) is 1.87. The maximum absolute atomic E-state index is 11.1. The average molecular weight is 336 g/mol. The van der Waals surface area contributed by atoms with Crippen molar-refractivity contribution in [1.82, 2.24) is 0 Å². The van der Waals surface area contributed by atoms with Crippen molar-refractivity contribution < 1.29 is 13.5 Å². The highest BCUT2D eigenvalue weighted by molar-refractivity contribution is 9.10. The van der Waals surface area contributed by atoms with Gasteiger partial charge in [0.25, 0.3) is 0 Å². The molecule has 0 fully saturated rings. The van der Waals surface area contributed by atoms with E-state index in [1.165, 1.54) is 6.26 Å². The second-order valence-electron chi connectivity index (χ2n) is 4.43. The van der Waals surface area contributed by atoms with Crippen molar-refractivity contribution in [2.75, 3.05) is 30.5 Å². The van der Waals surface area contributed by atoms with E-state index in [9.17, 15) is 13.5 Å². The van der Waals surface area contributed by atoms with Crippen LogP contribution in [0.1, 0.15) is 18.6 Å². The van der Waals surface area contributed by atoms with Gasteiger partial charge in [0.15, 0.2) is 0 Å². The summed E-state index contributed by atoms with van der Waals surface area (Å²) in [7, 11) is -1.11. The van der Waals surface area contributed by atoms with Crippen LogP contribution in [-0.4, -0.2) is 39.1 Å². The maximum Gasteiger partial charge on any atom is 0.149 e. The van der Waals surface area contributed by atoms with Crippen LogP contribution in [0, 0.1) is 0 Å². The Kier molecular flexibility index (Phi) is 5.19. The number of rotatable bonds is 5. The van der Waals surface area contributed by atoms with Crippen LogP contribution < -0.4 is 4.90 Å². The summed E-state index contributed by atoms with van der Waals surface area (Å²) in [5, 5.41) is 9.52. The monoisotopic (exact) mass is 335 g/mol. The van der Waals surface area contributed by atoms with Crippen molar-refractivity contribution in [3.63, 3.8) is 0 Å². The van der Waals surface area contributed by atoms with Crippen LogP contribution in [0.5, 0.6) is 0 Å². The molecule has 1 rings (SSSR count). The van der Waals surface area contributed by atoms with Gasteiger partial charge in [0, 0.05) is 30.0 Å². The summed E-state index contributed by atoms with van der Waals surface area (Å²) in [5.74, 6) is 0.124. The lowest BCUT2D eigenvalue weighted by atomic mass is 10.1. The topological polar surface area (TPSA) is 57.6 Å². The summed E-state index contributed by atoms with van der Waals surface area (Å²) in [5.41, 5.74) is 1.73. The van der Waals surface area contributed by atoms with Crippen LogP contribution in [0.2, 0.25) is 0 Å². The van der Waals surface area contributed by atoms with Crippen LogP contribution in [0.15, 0.2) is 22.7 Å². The van der Waals surface area contributed by atoms with Gasteiger partial charge in [-0.3, -0.25) is 0 Å². The number of sulfone groups is 1. The first kappa shape index (κ1) is 15.5. The fourth-order valence-electron chi connectivity index (χ4n) is 1.52. The lowest BCUT2D eigenvalue weighted by Gasteiger charge is -2.20. The molecular formula is C12H18BrNO3S. The Hall–Kier alpha value is -0.590. The highest BCUT2D eigenvalue weighted by Crippen LogP contribution is 2.27. The van der Waals surface area contributed by atoms with Gasteiger partial charge < -0.3 is 10.0 Å². The van der Waals surface area contributed by atoms with Gasteiger partial charge in [-0.25, -0.2) is 8.42 Å². The van der Waals surface area contributed by atoms with Crippen molar-refractivity contribution >= 4 is 31.5 Å². The van der Waals surface area contributed by atoms with Crippen LogP contribution in [-0.2, 0) is 9.84 Å². The molecule has 0 aliphatic heterocycles. The molecule has 0 spiro atoms. The fraction of sp³-hybridized carbons (Fsp3) is 0.500. The van der Waals surface area contributed by atoms with Gasteiger partial charge in [-0.2, -0.15) is 0 Å². The standard InChI is InChI=1S/C12H18BrNO3S/c1-9(15)11-5-4-10(8-12(11)13)14(2)6-7-18(3,16)17/h4-5,8-9,15H,6-7H2,1-3H3/t9-/m1/s1. The molecule has 0 radical (unpaired) electrons. The molecule has 4 nitrogen and oxygen atoms in total. The largest absolute Gasteiger partial charge is 0.389 e. The molecule has 0 aliphatic carbocycles. The van der Waals surface area contributed by atoms with Gasteiger partial charge >= 0.3 is 0 Å². The van der Waals surface area contributed by atoms with Crippen molar-refractivity contribution in [1.29, 1.82) is 0 Å². The zero-order chi connectivity index (χ0) is 13.9. The number of benzene rings is 1. The quantitative estimate of drug-likeness (QED) is 0.893. The van der Waals surface area contributed by atoms with Crippen molar-refractivity contribution in [3.8, 4) is 0 Å². The third kappa shape index (κ3) is 4.59. The second kappa shape index (κ2) is 6.04. The third-order valence-electron chi connectivity index (χ3n) is 2.67. The summed E-state index contributed by atoms with van der Waals surface area (Å²) in [6, 6.07) is 5.58. The van der Waals surface area contributed by atoms with Gasteiger partial charge in [-0.1, -0.05) is 22.0 Å². The van der Waals surface area contributed by atoms with E-state index in [1.54, 1.807) is 6.92 Å². The molecule has 0 bridgehead atoms. The van der Waals surface area contributed by atoms with Crippen LogP contribution >= 0.6 is 15.9 Å². The molecule has 0 unspecified atom stereocenters. The van der Waals surface area contributed by atoms with Crippen LogP contribution in [0.3, 0.4) is 0 Å². The molecule has 0 saturated carbocycles. The molecule has 0 aromatic heterocycles. The van der Waals surface area contributed by atoms with Gasteiger partial charge in [-0.05, 0) is 24.6 Å². The smallest absolute Gasteiger partial charge is 0.149 e. The third-order valence-corrected chi connectivity index (χ3v) is 4.28. The number of hydrogen-bond acceptors (Lipinski definition) is 4. The number of anilines is 1. The van der Waals surface area contributed by atoms with Gasteiger partial charge in [0.05, 0.1) is 11.9 Å². The fourth-order valence-corrected chi connectivity index (χ4v) is 2.83. The zero-order valence-corrected chi connectivity index (χ0v) is 13.1. The lowest BCUT2D eigenvalue weighted by molar-refractivity contribution is 0.198. The number of hydrogen-bond donors (Lipinski definition) is 1. The SMILES string of the molecule is C[C@@H](O)c1ccc(N(C)CCS(C)(=O)=O)cc1Br. The normalized spacial score (nSPS) is 13.4. The van der Waals surface area contributed by atoms with E-state index < -0.39 is 15.9 Å². The van der Waals surface area contributed by atoms with E-state index >= 15 is 0 Å². The Bertz CT molecular complexity index is 514. The molecule has 0 amide bonds.